The van der Waals surface area contributed by atoms with Crippen LogP contribution in [-0.4, -0.2) is 32.0 Å². The maximum atomic E-state index is 10.9. The molecule has 0 bridgehead atoms. The summed E-state index contributed by atoms with van der Waals surface area (Å²) in [6.07, 6.45) is 3.88. The lowest BCUT2D eigenvalue weighted by Crippen LogP contribution is -2.28. The van der Waals surface area contributed by atoms with Gasteiger partial charge in [0.05, 0.1) is 0 Å². The fraction of sp³-hybridized carbons (Fsp3) is 0.778. The fourth-order valence-corrected chi connectivity index (χ4v) is 0.854. The van der Waals surface area contributed by atoms with Crippen LogP contribution >= 0.6 is 0 Å². The standard InChI is InChI=1S/C9H17NO3/c1-2-3-4-5-10-9(12)8-13-7-6-11/h6H,2-5,7-8H2,1H3,(H,10,12). The summed E-state index contributed by atoms with van der Waals surface area (Å²) >= 11 is 0. The first-order valence-electron chi connectivity index (χ1n) is 4.59. The van der Waals surface area contributed by atoms with Gasteiger partial charge in [0.1, 0.15) is 19.5 Å². The molecular formula is C9H17NO3. The normalized spacial score (nSPS) is 9.62. The molecular weight excluding hydrogens is 170 g/mol. The molecule has 0 radical (unpaired) electrons. The molecule has 0 saturated carbocycles. The maximum Gasteiger partial charge on any atom is 0.246 e. The Morgan fingerprint density at radius 2 is 2.23 bits per heavy atom. The van der Waals surface area contributed by atoms with Crippen LogP contribution in [0, 0.1) is 0 Å². The smallest absolute Gasteiger partial charge is 0.246 e. The second-order valence-electron chi connectivity index (χ2n) is 2.74. The Morgan fingerprint density at radius 3 is 2.85 bits per heavy atom. The van der Waals surface area contributed by atoms with Crippen molar-refractivity contribution in [3.63, 3.8) is 0 Å². The molecule has 1 amide bonds. The number of hydrogen-bond acceptors (Lipinski definition) is 3. The van der Waals surface area contributed by atoms with Gasteiger partial charge in [0.25, 0.3) is 0 Å². The molecule has 1 N–H and O–H groups in total. The number of ether oxygens (including phenoxy) is 1. The Kier molecular flexibility index (Phi) is 8.55. The average Bonchev–Trinajstić information content (AvgIpc) is 2.13. The van der Waals surface area contributed by atoms with Crippen LogP contribution in [0.1, 0.15) is 26.2 Å². The molecule has 0 aromatic rings. The van der Waals surface area contributed by atoms with Crippen molar-refractivity contribution in [1.82, 2.24) is 5.32 Å². The van der Waals surface area contributed by atoms with Gasteiger partial charge in [0.15, 0.2) is 0 Å². The lowest BCUT2D eigenvalue weighted by Gasteiger charge is -2.03. The third-order valence-electron chi connectivity index (χ3n) is 1.52. The molecule has 0 spiro atoms. The summed E-state index contributed by atoms with van der Waals surface area (Å²) in [5, 5.41) is 2.70. The minimum absolute atomic E-state index is 0.0115. The van der Waals surface area contributed by atoms with Gasteiger partial charge in [-0.1, -0.05) is 19.8 Å². The van der Waals surface area contributed by atoms with Crippen LogP contribution < -0.4 is 5.32 Å². The summed E-state index contributed by atoms with van der Waals surface area (Å²) in [6.45, 7) is 2.76. The quantitative estimate of drug-likeness (QED) is 0.445. The molecule has 0 aliphatic carbocycles. The van der Waals surface area contributed by atoms with E-state index in [9.17, 15) is 9.59 Å². The number of rotatable bonds is 8. The van der Waals surface area contributed by atoms with Crippen LogP contribution in [0.2, 0.25) is 0 Å². The first kappa shape index (κ1) is 12.1. The molecule has 0 atom stereocenters. The fourth-order valence-electron chi connectivity index (χ4n) is 0.854. The second kappa shape index (κ2) is 9.19. The summed E-state index contributed by atoms with van der Waals surface area (Å²) in [5.74, 6) is -0.155. The predicted octanol–water partition coefficient (Wildman–Crippen LogP) is 0.508. The van der Waals surface area contributed by atoms with Gasteiger partial charge >= 0.3 is 0 Å². The van der Waals surface area contributed by atoms with Crippen LogP contribution in [0.5, 0.6) is 0 Å². The Balaban J connectivity index is 3.15. The van der Waals surface area contributed by atoms with E-state index in [1.165, 1.54) is 0 Å². The van der Waals surface area contributed by atoms with Crippen LogP contribution in [0.3, 0.4) is 0 Å². The van der Waals surface area contributed by atoms with Gasteiger partial charge in [-0.05, 0) is 6.42 Å². The van der Waals surface area contributed by atoms with Crippen LogP contribution in [0.4, 0.5) is 0 Å². The Labute approximate surface area is 78.6 Å². The topological polar surface area (TPSA) is 55.4 Å². The first-order chi connectivity index (χ1) is 6.31. The molecule has 4 nitrogen and oxygen atoms in total. The molecule has 0 rings (SSSR count). The third-order valence-corrected chi connectivity index (χ3v) is 1.52. The average molecular weight is 187 g/mol. The Morgan fingerprint density at radius 1 is 1.46 bits per heavy atom. The lowest BCUT2D eigenvalue weighted by molar-refractivity contribution is -0.126. The number of nitrogens with one attached hydrogen (secondary N) is 1. The molecule has 0 aromatic carbocycles. The predicted molar refractivity (Wildman–Crippen MR) is 49.4 cm³/mol. The van der Waals surface area contributed by atoms with Crippen molar-refractivity contribution in [1.29, 1.82) is 0 Å². The highest BCUT2D eigenvalue weighted by molar-refractivity contribution is 5.77. The monoisotopic (exact) mass is 187 g/mol. The van der Waals surface area contributed by atoms with E-state index in [1.54, 1.807) is 0 Å². The molecule has 0 aromatic heterocycles. The summed E-state index contributed by atoms with van der Waals surface area (Å²) in [7, 11) is 0. The summed E-state index contributed by atoms with van der Waals surface area (Å²) in [6, 6.07) is 0. The number of hydrogen-bond donors (Lipinski definition) is 1. The molecule has 0 unspecified atom stereocenters. The van der Waals surface area contributed by atoms with E-state index in [-0.39, 0.29) is 19.1 Å². The summed E-state index contributed by atoms with van der Waals surface area (Å²) in [5.41, 5.74) is 0. The van der Waals surface area contributed by atoms with Crippen molar-refractivity contribution in [2.45, 2.75) is 26.2 Å². The SMILES string of the molecule is CCCCCNC(=O)COCC=O. The van der Waals surface area contributed by atoms with Crippen LogP contribution in [0.25, 0.3) is 0 Å². The zero-order valence-corrected chi connectivity index (χ0v) is 8.04. The van der Waals surface area contributed by atoms with Crippen LogP contribution in [-0.2, 0) is 14.3 Å². The van der Waals surface area contributed by atoms with Gasteiger partial charge < -0.3 is 14.8 Å². The third kappa shape index (κ3) is 9.01. The zero-order valence-electron chi connectivity index (χ0n) is 8.04. The number of aldehydes is 1. The lowest BCUT2D eigenvalue weighted by atomic mass is 10.2. The van der Waals surface area contributed by atoms with Gasteiger partial charge in [-0.2, -0.15) is 0 Å². The summed E-state index contributed by atoms with van der Waals surface area (Å²) < 4.78 is 4.72. The summed E-state index contributed by atoms with van der Waals surface area (Å²) in [4.78, 5) is 20.8. The van der Waals surface area contributed by atoms with E-state index < -0.39 is 0 Å². The Bertz CT molecular complexity index is 148. The second-order valence-corrected chi connectivity index (χ2v) is 2.74. The molecule has 4 heteroatoms. The van der Waals surface area contributed by atoms with E-state index >= 15 is 0 Å². The van der Waals surface area contributed by atoms with E-state index in [2.05, 4.69) is 12.2 Å². The largest absolute Gasteiger partial charge is 0.364 e. The minimum atomic E-state index is -0.155. The van der Waals surface area contributed by atoms with E-state index in [1.807, 2.05) is 0 Å². The van der Waals surface area contributed by atoms with Gasteiger partial charge in [-0.15, -0.1) is 0 Å². The molecule has 0 aliphatic rings. The maximum absolute atomic E-state index is 10.9. The molecule has 0 heterocycles. The number of carbonyl (C=O) groups excluding carboxylic acids is 2. The van der Waals surface area contributed by atoms with E-state index in [0.29, 0.717) is 12.8 Å². The molecule has 13 heavy (non-hydrogen) atoms. The van der Waals surface area contributed by atoms with Gasteiger partial charge in [-0.25, -0.2) is 0 Å². The highest BCUT2D eigenvalue weighted by atomic mass is 16.5. The highest BCUT2D eigenvalue weighted by Gasteiger charge is 1.98. The minimum Gasteiger partial charge on any atom is -0.364 e. The number of carbonyl (C=O) groups is 2. The number of amides is 1. The first-order valence-corrected chi connectivity index (χ1v) is 4.59. The van der Waals surface area contributed by atoms with Gasteiger partial charge in [0, 0.05) is 6.54 Å². The zero-order chi connectivity index (χ0) is 9.94. The van der Waals surface area contributed by atoms with E-state index in [0.717, 1.165) is 19.3 Å². The van der Waals surface area contributed by atoms with Crippen molar-refractivity contribution in [3.05, 3.63) is 0 Å². The Hall–Kier alpha value is -0.900. The van der Waals surface area contributed by atoms with Gasteiger partial charge in [0.2, 0.25) is 5.91 Å². The number of unbranched alkanes of at least 4 members (excludes halogenated alkanes) is 2. The highest BCUT2D eigenvalue weighted by Crippen LogP contribution is 1.90. The van der Waals surface area contributed by atoms with Crippen molar-refractivity contribution < 1.29 is 14.3 Å². The molecule has 0 aliphatic heterocycles. The molecule has 0 saturated heterocycles. The molecule has 76 valence electrons. The van der Waals surface area contributed by atoms with Gasteiger partial charge in [-0.3, -0.25) is 4.79 Å². The van der Waals surface area contributed by atoms with Crippen molar-refractivity contribution in [2.24, 2.45) is 0 Å². The van der Waals surface area contributed by atoms with Crippen molar-refractivity contribution in [3.8, 4) is 0 Å². The van der Waals surface area contributed by atoms with Crippen LogP contribution in [0.15, 0.2) is 0 Å². The van der Waals surface area contributed by atoms with E-state index in [4.69, 9.17) is 4.74 Å². The van der Waals surface area contributed by atoms with Crippen molar-refractivity contribution >= 4 is 12.2 Å². The molecule has 0 fully saturated rings. The van der Waals surface area contributed by atoms with Crippen molar-refractivity contribution in [2.75, 3.05) is 19.8 Å².